The Labute approximate surface area is 92.8 Å². The van der Waals surface area contributed by atoms with Crippen molar-refractivity contribution in [3.8, 4) is 0 Å². The molecule has 0 radical (unpaired) electrons. The molecule has 0 aromatic carbocycles. The lowest BCUT2D eigenvalue weighted by Crippen LogP contribution is -2.22. The van der Waals surface area contributed by atoms with Gasteiger partial charge in [-0.05, 0) is 12.8 Å². The highest BCUT2D eigenvalue weighted by atomic mass is 16.4. The van der Waals surface area contributed by atoms with Gasteiger partial charge in [0.05, 0.1) is 0 Å². The minimum absolute atomic E-state index is 0.147. The quantitative estimate of drug-likeness (QED) is 0.723. The number of nitrogens with one attached hydrogen (secondary N) is 1. The second-order valence-corrected chi connectivity index (χ2v) is 4.02. The Bertz CT molecular complexity index is 383. The molecule has 6 heteroatoms. The van der Waals surface area contributed by atoms with Crippen LogP contribution in [0.3, 0.4) is 0 Å². The molecule has 1 fully saturated rings. The number of oxazole rings is 1. The summed E-state index contributed by atoms with van der Waals surface area (Å²) in [4.78, 5) is 14.5. The van der Waals surface area contributed by atoms with Crippen molar-refractivity contribution in [2.45, 2.75) is 38.1 Å². The minimum Gasteiger partial charge on any atom is -0.476 e. The van der Waals surface area contributed by atoms with Crippen molar-refractivity contribution in [2.75, 3.05) is 11.1 Å². The Hall–Kier alpha value is -1.72. The van der Waals surface area contributed by atoms with E-state index in [1.807, 2.05) is 0 Å². The summed E-state index contributed by atoms with van der Waals surface area (Å²) < 4.78 is 5.05. The van der Waals surface area contributed by atoms with E-state index in [2.05, 4.69) is 10.3 Å². The zero-order valence-corrected chi connectivity index (χ0v) is 8.90. The molecule has 0 bridgehead atoms. The van der Waals surface area contributed by atoms with Crippen LogP contribution in [0.15, 0.2) is 4.42 Å². The largest absolute Gasteiger partial charge is 0.476 e. The molecule has 0 saturated heterocycles. The first-order valence-electron chi connectivity index (χ1n) is 5.43. The van der Waals surface area contributed by atoms with Crippen molar-refractivity contribution in [3.63, 3.8) is 0 Å². The summed E-state index contributed by atoms with van der Waals surface area (Å²) in [7, 11) is 0. The number of aromatic nitrogens is 1. The topological polar surface area (TPSA) is 101 Å². The van der Waals surface area contributed by atoms with Gasteiger partial charge in [-0.3, -0.25) is 0 Å². The second-order valence-electron chi connectivity index (χ2n) is 4.02. The van der Waals surface area contributed by atoms with E-state index in [1.165, 1.54) is 19.3 Å². The van der Waals surface area contributed by atoms with Gasteiger partial charge in [0.2, 0.25) is 11.6 Å². The molecule has 1 aliphatic carbocycles. The van der Waals surface area contributed by atoms with E-state index in [1.54, 1.807) is 0 Å². The highest BCUT2D eigenvalue weighted by Crippen LogP contribution is 2.23. The van der Waals surface area contributed by atoms with E-state index < -0.39 is 5.97 Å². The lowest BCUT2D eigenvalue weighted by Gasteiger charge is -2.21. The van der Waals surface area contributed by atoms with Crippen molar-refractivity contribution >= 4 is 17.9 Å². The number of carbonyl (C=O) groups is 1. The normalized spacial score (nSPS) is 17.2. The Morgan fingerprint density at radius 1 is 1.44 bits per heavy atom. The molecular formula is C10H15N3O3. The molecule has 1 aliphatic rings. The van der Waals surface area contributed by atoms with Crippen molar-refractivity contribution in [1.82, 2.24) is 4.98 Å². The maximum absolute atomic E-state index is 10.7. The fourth-order valence-electron chi connectivity index (χ4n) is 1.97. The van der Waals surface area contributed by atoms with Crippen LogP contribution in [0, 0.1) is 0 Å². The van der Waals surface area contributed by atoms with Crippen LogP contribution in [0.5, 0.6) is 0 Å². The molecule has 0 amide bonds. The number of nitrogens with two attached hydrogens (primary N) is 1. The minimum atomic E-state index is -1.17. The SMILES string of the molecule is Nc1oc(NC2CCCCC2)nc1C(=O)O. The number of carboxylic acid groups (broad SMARTS) is 1. The van der Waals surface area contributed by atoms with E-state index in [0.717, 1.165) is 12.8 Å². The van der Waals surface area contributed by atoms with Gasteiger partial charge >= 0.3 is 5.97 Å². The third-order valence-corrected chi connectivity index (χ3v) is 2.79. The second kappa shape index (κ2) is 4.42. The van der Waals surface area contributed by atoms with Crippen LogP contribution in [0.2, 0.25) is 0 Å². The van der Waals surface area contributed by atoms with Gasteiger partial charge in [0.1, 0.15) is 0 Å². The number of hydrogen-bond acceptors (Lipinski definition) is 5. The van der Waals surface area contributed by atoms with Gasteiger partial charge in [0, 0.05) is 6.04 Å². The molecule has 1 heterocycles. The average molecular weight is 225 g/mol. The third-order valence-electron chi connectivity index (χ3n) is 2.79. The summed E-state index contributed by atoms with van der Waals surface area (Å²) in [5, 5.41) is 11.8. The number of hydrogen-bond donors (Lipinski definition) is 3. The Morgan fingerprint density at radius 3 is 2.69 bits per heavy atom. The van der Waals surface area contributed by atoms with Crippen molar-refractivity contribution in [3.05, 3.63) is 5.69 Å². The molecular weight excluding hydrogens is 210 g/mol. The predicted octanol–water partition coefficient (Wildman–Crippen LogP) is 1.70. The van der Waals surface area contributed by atoms with Crippen LogP contribution in [-0.2, 0) is 0 Å². The number of aromatic carboxylic acids is 1. The van der Waals surface area contributed by atoms with Crippen LogP contribution < -0.4 is 11.1 Å². The van der Waals surface area contributed by atoms with Gasteiger partial charge < -0.3 is 20.6 Å². The van der Waals surface area contributed by atoms with Crippen LogP contribution in [0.4, 0.5) is 11.9 Å². The van der Waals surface area contributed by atoms with Crippen molar-refractivity contribution < 1.29 is 14.3 Å². The number of rotatable bonds is 3. The zero-order chi connectivity index (χ0) is 11.5. The van der Waals surface area contributed by atoms with Gasteiger partial charge in [-0.25, -0.2) is 4.79 Å². The summed E-state index contributed by atoms with van der Waals surface area (Å²) in [6.07, 6.45) is 5.74. The van der Waals surface area contributed by atoms with Crippen LogP contribution in [0.25, 0.3) is 0 Å². The number of nitrogens with zero attached hydrogens (tertiary/aromatic N) is 1. The lowest BCUT2D eigenvalue weighted by molar-refractivity contribution is 0.0692. The van der Waals surface area contributed by atoms with E-state index in [-0.39, 0.29) is 17.6 Å². The zero-order valence-electron chi connectivity index (χ0n) is 8.90. The van der Waals surface area contributed by atoms with Gasteiger partial charge in [0.15, 0.2) is 0 Å². The van der Waals surface area contributed by atoms with Crippen molar-refractivity contribution in [1.29, 1.82) is 0 Å². The van der Waals surface area contributed by atoms with E-state index in [0.29, 0.717) is 6.04 Å². The monoisotopic (exact) mass is 225 g/mol. The third kappa shape index (κ3) is 2.26. The first-order chi connectivity index (χ1) is 7.66. The average Bonchev–Trinajstić information content (AvgIpc) is 2.61. The number of carboxylic acids is 1. The standard InChI is InChI=1S/C10H15N3O3/c11-8-7(9(14)15)13-10(16-8)12-6-4-2-1-3-5-6/h6H,1-5,11H2,(H,12,13)(H,14,15). The molecule has 88 valence electrons. The molecule has 6 nitrogen and oxygen atoms in total. The molecule has 0 spiro atoms. The van der Waals surface area contributed by atoms with Gasteiger partial charge in [0.25, 0.3) is 6.01 Å². The fourth-order valence-corrected chi connectivity index (χ4v) is 1.97. The van der Waals surface area contributed by atoms with E-state index in [9.17, 15) is 4.79 Å². The Balaban J connectivity index is 2.03. The summed E-state index contributed by atoms with van der Waals surface area (Å²) in [6, 6.07) is 0.523. The van der Waals surface area contributed by atoms with Gasteiger partial charge in [-0.1, -0.05) is 19.3 Å². The first kappa shape index (κ1) is 10.8. The van der Waals surface area contributed by atoms with Crippen LogP contribution >= 0.6 is 0 Å². The maximum Gasteiger partial charge on any atom is 0.360 e. The van der Waals surface area contributed by atoms with E-state index in [4.69, 9.17) is 15.3 Å². The maximum atomic E-state index is 10.7. The highest BCUT2D eigenvalue weighted by Gasteiger charge is 2.20. The van der Waals surface area contributed by atoms with Crippen LogP contribution in [0.1, 0.15) is 42.6 Å². The first-order valence-corrected chi connectivity index (χ1v) is 5.43. The summed E-state index contributed by atoms with van der Waals surface area (Å²) >= 11 is 0. The van der Waals surface area contributed by atoms with Gasteiger partial charge in [-0.2, -0.15) is 4.98 Å². The molecule has 4 N–H and O–H groups in total. The lowest BCUT2D eigenvalue weighted by atomic mass is 9.96. The number of nitrogen functional groups attached to an aromatic ring is 1. The molecule has 0 atom stereocenters. The molecule has 0 aliphatic heterocycles. The molecule has 1 saturated carbocycles. The summed E-state index contributed by atoms with van der Waals surface area (Å²) in [5.74, 6) is -1.32. The Kier molecular flexibility index (Phi) is 2.98. The summed E-state index contributed by atoms with van der Waals surface area (Å²) in [5.41, 5.74) is 5.17. The molecule has 0 unspecified atom stereocenters. The number of anilines is 2. The molecule has 16 heavy (non-hydrogen) atoms. The predicted molar refractivity (Wildman–Crippen MR) is 58.4 cm³/mol. The molecule has 1 aromatic rings. The van der Waals surface area contributed by atoms with Crippen molar-refractivity contribution in [2.24, 2.45) is 0 Å². The van der Waals surface area contributed by atoms with Gasteiger partial charge in [-0.15, -0.1) is 0 Å². The molecule has 2 rings (SSSR count). The van der Waals surface area contributed by atoms with Crippen LogP contribution in [-0.4, -0.2) is 22.1 Å². The highest BCUT2D eigenvalue weighted by molar-refractivity contribution is 5.90. The smallest absolute Gasteiger partial charge is 0.360 e. The Morgan fingerprint density at radius 2 is 2.12 bits per heavy atom. The van der Waals surface area contributed by atoms with E-state index >= 15 is 0 Å². The summed E-state index contributed by atoms with van der Waals surface area (Å²) in [6.45, 7) is 0. The molecule has 1 aromatic heterocycles. The fraction of sp³-hybridized carbons (Fsp3) is 0.600.